The third-order valence-electron chi connectivity index (χ3n) is 3.98. The molecular weight excluding hydrogens is 148 g/mol. The van der Waals surface area contributed by atoms with Crippen molar-refractivity contribution in [2.45, 2.75) is 51.6 Å². The molecule has 2 fully saturated rings. The van der Waals surface area contributed by atoms with E-state index in [1.807, 2.05) is 0 Å². The first kappa shape index (κ1) is 8.55. The van der Waals surface area contributed by atoms with E-state index in [1.165, 1.54) is 38.5 Å². The van der Waals surface area contributed by atoms with Crippen molar-refractivity contribution in [3.63, 3.8) is 0 Å². The topological polar surface area (TPSA) is 20.2 Å². The third-order valence-corrected chi connectivity index (χ3v) is 3.98. The highest BCUT2D eigenvalue weighted by molar-refractivity contribution is 4.87. The van der Waals surface area contributed by atoms with Crippen molar-refractivity contribution < 1.29 is 5.11 Å². The predicted molar refractivity (Wildman–Crippen MR) is 49.9 cm³/mol. The van der Waals surface area contributed by atoms with Crippen LogP contribution < -0.4 is 0 Å². The highest BCUT2D eigenvalue weighted by Gasteiger charge is 2.37. The van der Waals surface area contributed by atoms with Crippen LogP contribution in [0.1, 0.15) is 45.4 Å². The van der Waals surface area contributed by atoms with E-state index in [2.05, 4.69) is 6.92 Å². The molecule has 0 heterocycles. The molecule has 2 saturated carbocycles. The summed E-state index contributed by atoms with van der Waals surface area (Å²) < 4.78 is 0. The monoisotopic (exact) mass is 168 g/mol. The first-order valence-corrected chi connectivity index (χ1v) is 5.47. The zero-order valence-electron chi connectivity index (χ0n) is 8.00. The van der Waals surface area contributed by atoms with E-state index >= 15 is 0 Å². The van der Waals surface area contributed by atoms with Crippen molar-refractivity contribution >= 4 is 0 Å². The summed E-state index contributed by atoms with van der Waals surface area (Å²) in [5, 5.41) is 9.97. The number of aliphatic hydroxyl groups is 1. The lowest BCUT2D eigenvalue weighted by molar-refractivity contribution is -0.0259. The summed E-state index contributed by atoms with van der Waals surface area (Å²) in [7, 11) is 0. The van der Waals surface area contributed by atoms with Gasteiger partial charge in [0, 0.05) is 0 Å². The van der Waals surface area contributed by atoms with Crippen LogP contribution in [0.4, 0.5) is 0 Å². The summed E-state index contributed by atoms with van der Waals surface area (Å²) >= 11 is 0. The van der Waals surface area contributed by atoms with Crippen molar-refractivity contribution in [3.8, 4) is 0 Å². The molecule has 12 heavy (non-hydrogen) atoms. The maximum atomic E-state index is 9.97. The van der Waals surface area contributed by atoms with Crippen molar-refractivity contribution in [3.05, 3.63) is 0 Å². The van der Waals surface area contributed by atoms with E-state index in [9.17, 15) is 5.11 Å². The SMILES string of the molecule is C[C@H]1CC[C@H]2CCCC[C@@H]2[C@@H]1O. The molecule has 0 amide bonds. The molecule has 2 aliphatic carbocycles. The molecule has 1 nitrogen and oxygen atoms in total. The highest BCUT2D eigenvalue weighted by Crippen LogP contribution is 2.42. The summed E-state index contributed by atoms with van der Waals surface area (Å²) in [4.78, 5) is 0. The lowest BCUT2D eigenvalue weighted by atomic mass is 9.66. The second-order valence-corrected chi connectivity index (χ2v) is 4.75. The predicted octanol–water partition coefficient (Wildman–Crippen LogP) is 2.58. The summed E-state index contributed by atoms with van der Waals surface area (Å²) in [6.45, 7) is 2.20. The molecule has 0 unspecified atom stereocenters. The van der Waals surface area contributed by atoms with Gasteiger partial charge in [-0.2, -0.15) is 0 Å². The molecule has 0 aromatic carbocycles. The standard InChI is InChI=1S/C11H20O/c1-8-6-7-9-4-2-3-5-10(9)11(8)12/h8-12H,2-7H2,1H3/t8-,9+,10-,11+/m0/s1. The smallest absolute Gasteiger partial charge is 0.0596 e. The maximum absolute atomic E-state index is 9.97. The van der Waals surface area contributed by atoms with Gasteiger partial charge in [-0.3, -0.25) is 0 Å². The molecule has 1 N–H and O–H groups in total. The molecule has 4 atom stereocenters. The average molecular weight is 168 g/mol. The molecule has 0 aromatic heterocycles. The number of fused-ring (bicyclic) bond motifs is 1. The second kappa shape index (κ2) is 3.37. The number of aliphatic hydroxyl groups excluding tert-OH is 1. The van der Waals surface area contributed by atoms with Crippen LogP contribution in [-0.2, 0) is 0 Å². The van der Waals surface area contributed by atoms with E-state index in [4.69, 9.17) is 0 Å². The zero-order valence-corrected chi connectivity index (χ0v) is 8.00. The van der Waals surface area contributed by atoms with Gasteiger partial charge in [0.15, 0.2) is 0 Å². The van der Waals surface area contributed by atoms with Crippen LogP contribution in [0.3, 0.4) is 0 Å². The minimum Gasteiger partial charge on any atom is -0.393 e. The van der Waals surface area contributed by atoms with Crippen molar-refractivity contribution in [1.82, 2.24) is 0 Å². The number of rotatable bonds is 0. The Morgan fingerprint density at radius 2 is 1.75 bits per heavy atom. The minimum absolute atomic E-state index is 0.0176. The van der Waals surface area contributed by atoms with Gasteiger partial charge >= 0.3 is 0 Å². The molecule has 0 aromatic rings. The van der Waals surface area contributed by atoms with Crippen LogP contribution in [0, 0.1) is 17.8 Å². The van der Waals surface area contributed by atoms with Crippen LogP contribution >= 0.6 is 0 Å². The minimum atomic E-state index is 0.0176. The largest absolute Gasteiger partial charge is 0.393 e. The van der Waals surface area contributed by atoms with Gasteiger partial charge in [0.25, 0.3) is 0 Å². The lowest BCUT2D eigenvalue weighted by Gasteiger charge is -2.42. The Hall–Kier alpha value is -0.0400. The van der Waals surface area contributed by atoms with Gasteiger partial charge in [-0.15, -0.1) is 0 Å². The van der Waals surface area contributed by atoms with E-state index < -0.39 is 0 Å². The molecule has 0 bridgehead atoms. The van der Waals surface area contributed by atoms with Crippen LogP contribution in [0.5, 0.6) is 0 Å². The van der Waals surface area contributed by atoms with Crippen LogP contribution in [0.25, 0.3) is 0 Å². The molecule has 0 saturated heterocycles. The van der Waals surface area contributed by atoms with Crippen molar-refractivity contribution in [1.29, 1.82) is 0 Å². The van der Waals surface area contributed by atoms with Crippen molar-refractivity contribution in [2.75, 3.05) is 0 Å². The maximum Gasteiger partial charge on any atom is 0.0596 e. The Morgan fingerprint density at radius 3 is 2.58 bits per heavy atom. The fourth-order valence-electron chi connectivity index (χ4n) is 3.11. The first-order valence-electron chi connectivity index (χ1n) is 5.47. The summed E-state index contributed by atoms with van der Waals surface area (Å²) in [5.74, 6) is 2.08. The molecule has 2 rings (SSSR count). The molecule has 0 aliphatic heterocycles. The zero-order chi connectivity index (χ0) is 8.55. The third kappa shape index (κ3) is 1.39. The van der Waals surface area contributed by atoms with Gasteiger partial charge in [-0.05, 0) is 37.0 Å². The number of hydrogen-bond donors (Lipinski definition) is 1. The van der Waals surface area contributed by atoms with E-state index in [0.29, 0.717) is 11.8 Å². The second-order valence-electron chi connectivity index (χ2n) is 4.75. The van der Waals surface area contributed by atoms with Gasteiger partial charge in [0.1, 0.15) is 0 Å². The van der Waals surface area contributed by atoms with E-state index in [-0.39, 0.29) is 6.10 Å². The summed E-state index contributed by atoms with van der Waals surface area (Å²) in [6.07, 6.45) is 8.08. The van der Waals surface area contributed by atoms with Gasteiger partial charge in [-0.25, -0.2) is 0 Å². The van der Waals surface area contributed by atoms with Gasteiger partial charge in [0.05, 0.1) is 6.10 Å². The fourth-order valence-corrected chi connectivity index (χ4v) is 3.11. The molecule has 70 valence electrons. The Morgan fingerprint density at radius 1 is 1.00 bits per heavy atom. The molecule has 0 spiro atoms. The normalized spacial score (nSPS) is 48.5. The van der Waals surface area contributed by atoms with Gasteiger partial charge < -0.3 is 5.11 Å². The Labute approximate surface area is 75.2 Å². The van der Waals surface area contributed by atoms with Gasteiger partial charge in [0.2, 0.25) is 0 Å². The Balaban J connectivity index is 2.03. The fraction of sp³-hybridized carbons (Fsp3) is 1.00. The van der Waals surface area contributed by atoms with Crippen LogP contribution in [-0.4, -0.2) is 11.2 Å². The van der Waals surface area contributed by atoms with Crippen LogP contribution in [0.2, 0.25) is 0 Å². The molecule has 1 heteroatoms. The average Bonchev–Trinajstić information content (AvgIpc) is 2.12. The van der Waals surface area contributed by atoms with E-state index in [0.717, 1.165) is 5.92 Å². The molecular formula is C11H20O. The summed E-state index contributed by atoms with van der Waals surface area (Å²) in [5.41, 5.74) is 0. The highest BCUT2D eigenvalue weighted by atomic mass is 16.3. The van der Waals surface area contributed by atoms with Crippen molar-refractivity contribution in [2.24, 2.45) is 17.8 Å². The van der Waals surface area contributed by atoms with Gasteiger partial charge in [-0.1, -0.05) is 26.2 Å². The Kier molecular flexibility index (Phi) is 2.40. The lowest BCUT2D eigenvalue weighted by Crippen LogP contribution is -2.39. The molecule has 2 aliphatic rings. The first-order chi connectivity index (χ1) is 5.79. The quantitative estimate of drug-likeness (QED) is 0.589. The molecule has 0 radical (unpaired) electrons. The Bertz CT molecular complexity index is 153. The van der Waals surface area contributed by atoms with Crippen LogP contribution in [0.15, 0.2) is 0 Å². The summed E-state index contributed by atoms with van der Waals surface area (Å²) in [6, 6.07) is 0. The van der Waals surface area contributed by atoms with E-state index in [1.54, 1.807) is 0 Å². The number of hydrogen-bond acceptors (Lipinski definition) is 1.